The number of anilines is 1. The average Bonchev–Trinajstić information content (AvgIpc) is 2.32. The van der Waals surface area contributed by atoms with E-state index in [0.717, 1.165) is 6.07 Å². The molecule has 0 radical (unpaired) electrons. The van der Waals surface area contributed by atoms with Crippen LogP contribution >= 0.6 is 0 Å². The summed E-state index contributed by atoms with van der Waals surface area (Å²) in [4.78, 5) is 11.9. The molecule has 0 aliphatic heterocycles. The number of hydrogen-bond donors (Lipinski definition) is 1. The fraction of sp³-hybridized carbons (Fsp3) is 0.0714. The number of ketones is 1. The Labute approximate surface area is 103 Å². The molecule has 0 heterocycles. The minimum atomic E-state index is -0.625. The maximum Gasteiger partial charge on any atom is 0.167 e. The van der Waals surface area contributed by atoms with Gasteiger partial charge in [0.15, 0.2) is 5.78 Å². The summed E-state index contributed by atoms with van der Waals surface area (Å²) in [5.41, 5.74) is 6.10. The van der Waals surface area contributed by atoms with Gasteiger partial charge in [-0.3, -0.25) is 4.79 Å². The number of Topliss-reactive ketones (excluding diaryl/α,β-unsaturated/α-hetero) is 1. The predicted octanol–water partition coefficient (Wildman–Crippen LogP) is 2.97. The summed E-state index contributed by atoms with van der Waals surface area (Å²) in [6.07, 6.45) is 0.0289. The Morgan fingerprint density at radius 1 is 1.11 bits per heavy atom. The van der Waals surface area contributed by atoms with Crippen LogP contribution in [-0.4, -0.2) is 5.78 Å². The summed E-state index contributed by atoms with van der Waals surface area (Å²) < 4.78 is 26.2. The van der Waals surface area contributed by atoms with Gasteiger partial charge < -0.3 is 5.73 Å². The van der Waals surface area contributed by atoms with Crippen LogP contribution in [0.15, 0.2) is 42.5 Å². The summed E-state index contributed by atoms with van der Waals surface area (Å²) in [7, 11) is 0. The van der Waals surface area contributed by atoms with Crippen LogP contribution < -0.4 is 5.73 Å². The van der Waals surface area contributed by atoms with Gasteiger partial charge in [-0.2, -0.15) is 0 Å². The van der Waals surface area contributed by atoms with Crippen molar-refractivity contribution >= 4 is 11.5 Å². The second kappa shape index (κ2) is 4.96. The number of carbonyl (C=O) groups excluding carboxylic acids is 1. The molecule has 0 amide bonds. The van der Waals surface area contributed by atoms with Crippen LogP contribution in [0.2, 0.25) is 0 Å². The third-order valence-corrected chi connectivity index (χ3v) is 2.58. The molecule has 0 aliphatic rings. The van der Waals surface area contributed by atoms with Crippen LogP contribution in [0, 0.1) is 11.6 Å². The van der Waals surface area contributed by atoms with Gasteiger partial charge in [-0.1, -0.05) is 12.1 Å². The van der Waals surface area contributed by atoms with E-state index < -0.39 is 11.6 Å². The normalized spacial score (nSPS) is 10.3. The van der Waals surface area contributed by atoms with Crippen molar-refractivity contribution in [2.75, 3.05) is 5.73 Å². The van der Waals surface area contributed by atoms with Crippen molar-refractivity contribution in [3.63, 3.8) is 0 Å². The molecule has 0 saturated carbocycles. The summed E-state index contributed by atoms with van der Waals surface area (Å²) >= 11 is 0. The Hall–Kier alpha value is -2.23. The third kappa shape index (κ3) is 2.71. The van der Waals surface area contributed by atoms with Gasteiger partial charge >= 0.3 is 0 Å². The van der Waals surface area contributed by atoms with E-state index in [9.17, 15) is 13.6 Å². The molecule has 2 aromatic rings. The zero-order chi connectivity index (χ0) is 13.1. The van der Waals surface area contributed by atoms with Gasteiger partial charge in [0.2, 0.25) is 0 Å². The quantitative estimate of drug-likeness (QED) is 0.669. The van der Waals surface area contributed by atoms with Crippen LogP contribution in [0.3, 0.4) is 0 Å². The minimum Gasteiger partial charge on any atom is -0.396 e. The Bertz CT molecular complexity index is 596. The van der Waals surface area contributed by atoms with Gasteiger partial charge in [0.1, 0.15) is 11.6 Å². The number of nitrogen functional groups attached to an aromatic ring is 1. The Morgan fingerprint density at radius 3 is 2.56 bits per heavy atom. The molecular formula is C14H11F2NO. The predicted molar refractivity (Wildman–Crippen MR) is 65.2 cm³/mol. The molecule has 0 atom stereocenters. The standard InChI is InChI=1S/C14H11F2NO/c15-11-3-1-2-9(6-11)7-14(18)10-4-5-13(17)12(16)8-10/h1-6,8H,7,17H2. The second-order valence-corrected chi connectivity index (χ2v) is 3.97. The molecule has 2 nitrogen and oxygen atoms in total. The topological polar surface area (TPSA) is 43.1 Å². The Kier molecular flexibility index (Phi) is 3.37. The van der Waals surface area contributed by atoms with E-state index >= 15 is 0 Å². The zero-order valence-electron chi connectivity index (χ0n) is 9.49. The minimum absolute atomic E-state index is 0.00249. The van der Waals surface area contributed by atoms with Crippen LogP contribution in [0.5, 0.6) is 0 Å². The van der Waals surface area contributed by atoms with Gasteiger partial charge in [0.05, 0.1) is 5.69 Å². The van der Waals surface area contributed by atoms with Gasteiger partial charge in [-0.15, -0.1) is 0 Å². The smallest absolute Gasteiger partial charge is 0.167 e. The molecule has 0 unspecified atom stereocenters. The Morgan fingerprint density at radius 2 is 1.89 bits per heavy atom. The van der Waals surface area contributed by atoms with E-state index in [0.29, 0.717) is 5.56 Å². The van der Waals surface area contributed by atoms with Crippen LogP contribution in [-0.2, 0) is 6.42 Å². The summed E-state index contributed by atoms with van der Waals surface area (Å²) in [6, 6.07) is 9.66. The molecule has 0 fully saturated rings. The van der Waals surface area contributed by atoms with Crippen molar-refractivity contribution in [2.24, 2.45) is 0 Å². The highest BCUT2D eigenvalue weighted by Gasteiger charge is 2.09. The highest BCUT2D eigenvalue weighted by Crippen LogP contribution is 2.14. The molecule has 92 valence electrons. The molecule has 4 heteroatoms. The summed E-state index contributed by atoms with van der Waals surface area (Å²) in [5.74, 6) is -1.30. The largest absolute Gasteiger partial charge is 0.396 e. The van der Waals surface area contributed by atoms with E-state index in [2.05, 4.69) is 0 Å². The van der Waals surface area contributed by atoms with Crippen LogP contribution in [0.1, 0.15) is 15.9 Å². The molecule has 2 aromatic carbocycles. The number of carbonyl (C=O) groups is 1. The number of hydrogen-bond acceptors (Lipinski definition) is 2. The van der Waals surface area contributed by atoms with Gasteiger partial charge in [0.25, 0.3) is 0 Å². The molecule has 0 aromatic heterocycles. The molecule has 18 heavy (non-hydrogen) atoms. The van der Waals surface area contributed by atoms with Crippen molar-refractivity contribution < 1.29 is 13.6 Å². The molecule has 0 aliphatic carbocycles. The van der Waals surface area contributed by atoms with E-state index in [-0.39, 0.29) is 23.5 Å². The van der Waals surface area contributed by atoms with Gasteiger partial charge in [-0.25, -0.2) is 8.78 Å². The summed E-state index contributed by atoms with van der Waals surface area (Å²) in [5, 5.41) is 0. The number of halogens is 2. The Balaban J connectivity index is 2.19. The van der Waals surface area contributed by atoms with Crippen molar-refractivity contribution in [3.05, 3.63) is 65.2 Å². The molecule has 2 rings (SSSR count). The molecule has 0 spiro atoms. The number of nitrogens with two attached hydrogens (primary N) is 1. The zero-order valence-corrected chi connectivity index (χ0v) is 9.49. The first kappa shape index (κ1) is 12.2. The maximum atomic E-state index is 13.2. The lowest BCUT2D eigenvalue weighted by Crippen LogP contribution is -2.05. The van der Waals surface area contributed by atoms with Crippen molar-refractivity contribution in [1.29, 1.82) is 0 Å². The first-order valence-electron chi connectivity index (χ1n) is 5.39. The molecular weight excluding hydrogens is 236 g/mol. The highest BCUT2D eigenvalue weighted by atomic mass is 19.1. The molecule has 2 N–H and O–H groups in total. The first-order valence-corrected chi connectivity index (χ1v) is 5.39. The van der Waals surface area contributed by atoms with E-state index in [1.54, 1.807) is 6.07 Å². The first-order chi connectivity index (χ1) is 8.56. The average molecular weight is 247 g/mol. The van der Waals surface area contributed by atoms with Crippen molar-refractivity contribution in [1.82, 2.24) is 0 Å². The molecule has 0 saturated heterocycles. The van der Waals surface area contributed by atoms with Gasteiger partial charge in [-0.05, 0) is 35.9 Å². The van der Waals surface area contributed by atoms with Crippen molar-refractivity contribution in [3.8, 4) is 0 Å². The number of rotatable bonds is 3. The van der Waals surface area contributed by atoms with E-state index in [1.807, 2.05) is 0 Å². The lowest BCUT2D eigenvalue weighted by atomic mass is 10.0. The van der Waals surface area contributed by atoms with E-state index in [1.165, 1.54) is 30.3 Å². The van der Waals surface area contributed by atoms with Crippen molar-refractivity contribution in [2.45, 2.75) is 6.42 Å². The fourth-order valence-corrected chi connectivity index (χ4v) is 1.63. The number of benzene rings is 2. The lowest BCUT2D eigenvalue weighted by molar-refractivity contribution is 0.0992. The van der Waals surface area contributed by atoms with Gasteiger partial charge in [0, 0.05) is 12.0 Å². The fourth-order valence-electron chi connectivity index (χ4n) is 1.63. The monoisotopic (exact) mass is 247 g/mol. The third-order valence-electron chi connectivity index (χ3n) is 2.58. The van der Waals surface area contributed by atoms with Crippen LogP contribution in [0.25, 0.3) is 0 Å². The maximum absolute atomic E-state index is 13.2. The van der Waals surface area contributed by atoms with Crippen LogP contribution in [0.4, 0.5) is 14.5 Å². The summed E-state index contributed by atoms with van der Waals surface area (Å²) in [6.45, 7) is 0. The van der Waals surface area contributed by atoms with E-state index in [4.69, 9.17) is 5.73 Å². The second-order valence-electron chi connectivity index (χ2n) is 3.97. The SMILES string of the molecule is Nc1ccc(C(=O)Cc2cccc(F)c2)cc1F. The lowest BCUT2D eigenvalue weighted by Gasteiger charge is -2.03. The molecule has 0 bridgehead atoms. The highest BCUT2D eigenvalue weighted by molar-refractivity contribution is 5.97.